The Morgan fingerprint density at radius 1 is 1.05 bits per heavy atom. The zero-order valence-corrected chi connectivity index (χ0v) is 13.4. The van der Waals surface area contributed by atoms with Crippen LogP contribution < -0.4 is 5.32 Å². The highest BCUT2D eigenvalue weighted by molar-refractivity contribution is 9.11. The Morgan fingerprint density at radius 2 is 1.79 bits per heavy atom. The molecule has 0 fully saturated rings. The molecule has 2 nitrogen and oxygen atoms in total. The van der Waals surface area contributed by atoms with E-state index in [0.29, 0.717) is 12.1 Å². The second-order valence-electron chi connectivity index (χ2n) is 4.12. The molecule has 0 heterocycles. The maximum absolute atomic E-state index is 12.0. The van der Waals surface area contributed by atoms with E-state index >= 15 is 0 Å². The molecule has 0 saturated heterocycles. The SMILES string of the molecule is O=C(NCCc1ccccc1)c1ccc(Br)cc1Br. The maximum atomic E-state index is 12.0. The molecule has 2 aromatic rings. The zero-order chi connectivity index (χ0) is 13.7. The van der Waals surface area contributed by atoms with Crippen molar-refractivity contribution in [1.29, 1.82) is 0 Å². The molecule has 0 aliphatic heterocycles. The average molecular weight is 383 g/mol. The lowest BCUT2D eigenvalue weighted by Gasteiger charge is -2.07. The molecule has 0 spiro atoms. The van der Waals surface area contributed by atoms with Crippen LogP contribution in [0.5, 0.6) is 0 Å². The summed E-state index contributed by atoms with van der Waals surface area (Å²) < 4.78 is 1.74. The van der Waals surface area contributed by atoms with E-state index in [2.05, 4.69) is 49.3 Å². The summed E-state index contributed by atoms with van der Waals surface area (Å²) >= 11 is 6.76. The fourth-order valence-corrected chi connectivity index (χ4v) is 2.96. The first-order valence-electron chi connectivity index (χ1n) is 5.94. The van der Waals surface area contributed by atoms with Crippen molar-refractivity contribution < 1.29 is 4.79 Å². The van der Waals surface area contributed by atoms with Crippen molar-refractivity contribution in [3.63, 3.8) is 0 Å². The van der Waals surface area contributed by atoms with Crippen molar-refractivity contribution in [2.75, 3.05) is 6.54 Å². The number of nitrogens with one attached hydrogen (secondary N) is 1. The van der Waals surface area contributed by atoms with Crippen molar-refractivity contribution in [3.8, 4) is 0 Å². The highest BCUT2D eigenvalue weighted by atomic mass is 79.9. The number of carbonyl (C=O) groups excluding carboxylic acids is 1. The molecule has 0 aromatic heterocycles. The smallest absolute Gasteiger partial charge is 0.252 e. The van der Waals surface area contributed by atoms with Crippen LogP contribution in [0.3, 0.4) is 0 Å². The van der Waals surface area contributed by atoms with Crippen LogP contribution in [0.25, 0.3) is 0 Å². The van der Waals surface area contributed by atoms with E-state index in [1.165, 1.54) is 5.56 Å². The van der Waals surface area contributed by atoms with Gasteiger partial charge in [-0.1, -0.05) is 46.3 Å². The van der Waals surface area contributed by atoms with Crippen molar-refractivity contribution in [2.24, 2.45) is 0 Å². The van der Waals surface area contributed by atoms with Crippen molar-refractivity contribution in [3.05, 3.63) is 68.6 Å². The van der Waals surface area contributed by atoms with Crippen LogP contribution >= 0.6 is 31.9 Å². The molecule has 1 amide bonds. The molecular weight excluding hydrogens is 370 g/mol. The lowest BCUT2D eigenvalue weighted by molar-refractivity contribution is 0.0953. The second-order valence-corrected chi connectivity index (χ2v) is 5.89. The molecule has 98 valence electrons. The first-order chi connectivity index (χ1) is 9.16. The Labute approximate surface area is 129 Å². The summed E-state index contributed by atoms with van der Waals surface area (Å²) in [5.41, 5.74) is 1.87. The number of carbonyl (C=O) groups is 1. The molecule has 2 rings (SSSR count). The molecule has 19 heavy (non-hydrogen) atoms. The first-order valence-corrected chi connectivity index (χ1v) is 7.52. The van der Waals surface area contributed by atoms with Gasteiger partial charge in [-0.15, -0.1) is 0 Å². The summed E-state index contributed by atoms with van der Waals surface area (Å²) in [6, 6.07) is 15.6. The van der Waals surface area contributed by atoms with Crippen LogP contribution in [0.1, 0.15) is 15.9 Å². The molecule has 0 atom stereocenters. The fourth-order valence-electron chi connectivity index (χ4n) is 1.73. The fraction of sp³-hybridized carbons (Fsp3) is 0.133. The van der Waals surface area contributed by atoms with Gasteiger partial charge in [-0.25, -0.2) is 0 Å². The van der Waals surface area contributed by atoms with Gasteiger partial charge in [-0.3, -0.25) is 4.79 Å². The Balaban J connectivity index is 1.91. The number of amides is 1. The molecule has 4 heteroatoms. The quantitative estimate of drug-likeness (QED) is 0.844. The summed E-state index contributed by atoms with van der Waals surface area (Å²) in [6.45, 7) is 0.630. The van der Waals surface area contributed by atoms with Gasteiger partial charge in [0.1, 0.15) is 0 Å². The van der Waals surface area contributed by atoms with Crippen LogP contribution in [-0.4, -0.2) is 12.5 Å². The predicted octanol–water partition coefficient (Wildman–Crippen LogP) is 4.18. The third-order valence-electron chi connectivity index (χ3n) is 2.72. The summed E-state index contributed by atoms with van der Waals surface area (Å²) in [7, 11) is 0. The Hall–Kier alpha value is -1.13. The molecule has 2 aromatic carbocycles. The summed E-state index contributed by atoms with van der Waals surface area (Å²) in [5.74, 6) is -0.0599. The Morgan fingerprint density at radius 3 is 2.47 bits per heavy atom. The predicted molar refractivity (Wildman–Crippen MR) is 84.3 cm³/mol. The van der Waals surface area contributed by atoms with Gasteiger partial charge in [0.2, 0.25) is 0 Å². The number of hydrogen-bond donors (Lipinski definition) is 1. The van der Waals surface area contributed by atoms with E-state index in [-0.39, 0.29) is 5.91 Å². The van der Waals surface area contributed by atoms with Crippen LogP contribution in [0.2, 0.25) is 0 Å². The van der Waals surface area contributed by atoms with Crippen molar-refractivity contribution in [2.45, 2.75) is 6.42 Å². The first kappa shape index (κ1) is 14.3. The Kier molecular flexibility index (Phi) is 5.16. The second kappa shape index (κ2) is 6.87. The third kappa shape index (κ3) is 4.18. The maximum Gasteiger partial charge on any atom is 0.252 e. The Bertz CT molecular complexity index is 570. The van der Waals surface area contributed by atoms with E-state index in [1.54, 1.807) is 6.07 Å². The van der Waals surface area contributed by atoms with E-state index < -0.39 is 0 Å². The van der Waals surface area contributed by atoms with Crippen LogP contribution in [-0.2, 0) is 6.42 Å². The van der Waals surface area contributed by atoms with E-state index in [9.17, 15) is 4.79 Å². The van der Waals surface area contributed by atoms with Gasteiger partial charge < -0.3 is 5.32 Å². The summed E-state index contributed by atoms with van der Waals surface area (Å²) in [5, 5.41) is 2.92. The van der Waals surface area contributed by atoms with E-state index in [0.717, 1.165) is 15.4 Å². The topological polar surface area (TPSA) is 29.1 Å². The molecule has 0 unspecified atom stereocenters. The minimum absolute atomic E-state index is 0.0599. The van der Waals surface area contributed by atoms with Crippen LogP contribution in [0.4, 0.5) is 0 Å². The van der Waals surface area contributed by atoms with Crippen LogP contribution in [0, 0.1) is 0 Å². The van der Waals surface area contributed by atoms with Gasteiger partial charge >= 0.3 is 0 Å². The number of rotatable bonds is 4. The normalized spacial score (nSPS) is 10.2. The van der Waals surface area contributed by atoms with E-state index in [1.807, 2.05) is 30.3 Å². The summed E-state index contributed by atoms with van der Waals surface area (Å²) in [6.07, 6.45) is 0.834. The molecule has 0 radical (unpaired) electrons. The lowest BCUT2D eigenvalue weighted by Crippen LogP contribution is -2.26. The number of benzene rings is 2. The number of hydrogen-bond acceptors (Lipinski definition) is 1. The van der Waals surface area contributed by atoms with E-state index in [4.69, 9.17) is 0 Å². The molecule has 1 N–H and O–H groups in total. The van der Waals surface area contributed by atoms with Gasteiger partial charge in [-0.2, -0.15) is 0 Å². The minimum atomic E-state index is -0.0599. The van der Waals surface area contributed by atoms with Gasteiger partial charge in [0.25, 0.3) is 5.91 Å². The molecule has 0 aliphatic carbocycles. The number of halogens is 2. The lowest BCUT2D eigenvalue weighted by atomic mass is 10.1. The minimum Gasteiger partial charge on any atom is -0.352 e. The standard InChI is InChI=1S/C15H13Br2NO/c16-12-6-7-13(14(17)10-12)15(19)18-9-8-11-4-2-1-3-5-11/h1-7,10H,8-9H2,(H,18,19). The van der Waals surface area contributed by atoms with Crippen LogP contribution in [0.15, 0.2) is 57.5 Å². The monoisotopic (exact) mass is 381 g/mol. The molecule has 0 bridgehead atoms. The highest BCUT2D eigenvalue weighted by Gasteiger charge is 2.09. The van der Waals surface area contributed by atoms with Crippen molar-refractivity contribution in [1.82, 2.24) is 5.32 Å². The van der Waals surface area contributed by atoms with Gasteiger partial charge in [-0.05, 0) is 46.1 Å². The average Bonchev–Trinajstić information content (AvgIpc) is 2.39. The van der Waals surface area contributed by atoms with Gasteiger partial charge in [0.15, 0.2) is 0 Å². The highest BCUT2D eigenvalue weighted by Crippen LogP contribution is 2.21. The molecular formula is C15H13Br2NO. The largest absolute Gasteiger partial charge is 0.352 e. The third-order valence-corrected chi connectivity index (χ3v) is 3.87. The zero-order valence-electron chi connectivity index (χ0n) is 10.2. The van der Waals surface area contributed by atoms with Gasteiger partial charge in [0, 0.05) is 15.5 Å². The van der Waals surface area contributed by atoms with Crippen molar-refractivity contribution >= 4 is 37.8 Å². The molecule has 0 aliphatic rings. The summed E-state index contributed by atoms with van der Waals surface area (Å²) in [4.78, 5) is 12.0. The molecule has 0 saturated carbocycles. The van der Waals surface area contributed by atoms with Gasteiger partial charge in [0.05, 0.1) is 5.56 Å².